The second kappa shape index (κ2) is 15.7. The quantitative estimate of drug-likeness (QED) is 0.254. The van der Waals surface area contributed by atoms with Crippen molar-refractivity contribution in [3.05, 3.63) is 69.4 Å². The summed E-state index contributed by atoms with van der Waals surface area (Å²) in [6, 6.07) is 8.50. The predicted molar refractivity (Wildman–Crippen MR) is 130 cm³/mol. The van der Waals surface area contributed by atoms with Gasteiger partial charge in [-0.1, -0.05) is 39.8 Å². The second-order valence-corrected chi connectivity index (χ2v) is 7.47. The summed E-state index contributed by atoms with van der Waals surface area (Å²) in [5, 5.41) is 21.0. The lowest BCUT2D eigenvalue weighted by atomic mass is 10.0. The van der Waals surface area contributed by atoms with Crippen LogP contribution in [0.15, 0.2) is 41.2 Å². The van der Waals surface area contributed by atoms with Crippen LogP contribution in [-0.4, -0.2) is 41.8 Å². The van der Waals surface area contributed by atoms with Crippen molar-refractivity contribution in [3.8, 4) is 0 Å². The number of aliphatic hydroxyl groups excluding tert-OH is 1. The van der Waals surface area contributed by atoms with Crippen molar-refractivity contribution in [3.63, 3.8) is 0 Å². The van der Waals surface area contributed by atoms with Crippen molar-refractivity contribution in [2.24, 2.45) is 0 Å². The molecule has 2 aromatic rings. The number of rotatable bonds is 7. The number of carbonyl (C=O) groups excluding carboxylic acids is 1. The highest BCUT2D eigenvalue weighted by Crippen LogP contribution is 2.22. The average Bonchev–Trinajstić information content (AvgIpc) is 2.97. The van der Waals surface area contributed by atoms with Crippen molar-refractivity contribution in [1.29, 1.82) is 0 Å². The van der Waals surface area contributed by atoms with Gasteiger partial charge in [0.05, 0.1) is 18.3 Å². The standard InChI is InChI=1S/C11H13F4N3O3.C11H14O.C2H6.H2/c12-7-1-5(2-8(13)9(7)16)18(21)4-6(19)3-17-11(20)10(14)15;1-8(2)11-7-6-10(12)5-4-9(11)3;1-2;/h1-2,6,10,19,21H,3-4,16H2,(H,17,20);4-8H,1-3H3;1-2H3;1H/t6-;;;/m0.../s1. The molecule has 2 aromatic carbocycles. The highest BCUT2D eigenvalue weighted by atomic mass is 19.3. The van der Waals surface area contributed by atoms with Gasteiger partial charge in [-0.05, 0) is 36.1 Å². The largest absolute Gasteiger partial charge is 0.394 e. The molecule has 0 aliphatic heterocycles. The van der Waals surface area contributed by atoms with Gasteiger partial charge < -0.3 is 16.2 Å². The van der Waals surface area contributed by atoms with E-state index in [1.807, 2.05) is 32.9 Å². The van der Waals surface area contributed by atoms with E-state index >= 15 is 0 Å². The number of anilines is 2. The number of carbonyl (C=O) groups is 1. The fraction of sp³-hybridized carbons (Fsp3) is 0.417. The van der Waals surface area contributed by atoms with E-state index in [1.165, 1.54) is 11.1 Å². The number of nitrogens with zero attached hydrogens (tertiary/aromatic N) is 1. The molecule has 5 N–H and O–H groups in total. The van der Waals surface area contributed by atoms with E-state index in [9.17, 15) is 37.5 Å². The van der Waals surface area contributed by atoms with E-state index in [2.05, 4.69) is 13.8 Å². The van der Waals surface area contributed by atoms with E-state index in [0.29, 0.717) is 11.0 Å². The van der Waals surface area contributed by atoms with Crippen molar-refractivity contribution < 1.29 is 34.1 Å². The molecular formula is C24H35F4N3O4. The molecule has 0 saturated carbocycles. The number of hydrogen-bond acceptors (Lipinski definition) is 6. The summed E-state index contributed by atoms with van der Waals surface area (Å²) in [6.45, 7) is 9.15. The minimum atomic E-state index is -3.23. The average molecular weight is 506 g/mol. The molecule has 7 nitrogen and oxygen atoms in total. The third-order valence-corrected chi connectivity index (χ3v) is 4.46. The monoisotopic (exact) mass is 505 g/mol. The van der Waals surface area contributed by atoms with Crippen LogP contribution in [0.25, 0.3) is 0 Å². The van der Waals surface area contributed by atoms with Crippen molar-refractivity contribution in [1.82, 2.24) is 5.32 Å². The van der Waals surface area contributed by atoms with Crippen molar-refractivity contribution in [2.75, 3.05) is 23.9 Å². The number of nitrogens with two attached hydrogens (primary N) is 1. The van der Waals surface area contributed by atoms with Gasteiger partial charge in [0.15, 0.2) is 17.1 Å². The summed E-state index contributed by atoms with van der Waals surface area (Å²) >= 11 is 0. The van der Waals surface area contributed by atoms with Gasteiger partial charge in [-0.25, -0.2) is 8.78 Å². The Labute approximate surface area is 203 Å². The number of amides is 1. The number of hydrogen-bond donors (Lipinski definition) is 4. The van der Waals surface area contributed by atoms with Crippen LogP contribution in [0.1, 0.15) is 46.2 Å². The molecule has 35 heavy (non-hydrogen) atoms. The molecule has 0 saturated heterocycles. The molecule has 0 unspecified atom stereocenters. The zero-order valence-electron chi connectivity index (χ0n) is 20.4. The van der Waals surface area contributed by atoms with Crippen molar-refractivity contribution >= 4 is 17.3 Å². The number of hydroxylamine groups is 1. The molecule has 198 valence electrons. The number of aryl methyl sites for hydroxylation is 1. The zero-order valence-corrected chi connectivity index (χ0v) is 20.4. The van der Waals surface area contributed by atoms with Gasteiger partial charge >= 0.3 is 6.43 Å². The Balaban J connectivity index is 0. The van der Waals surface area contributed by atoms with Crippen LogP contribution < -0.4 is 21.5 Å². The van der Waals surface area contributed by atoms with Gasteiger partial charge in [0.1, 0.15) is 5.69 Å². The maximum absolute atomic E-state index is 13.2. The minimum absolute atomic E-state index is 0. The normalized spacial score (nSPS) is 11.1. The maximum Gasteiger partial charge on any atom is 0.315 e. The summed E-state index contributed by atoms with van der Waals surface area (Å²) in [5.74, 6) is -3.31. The highest BCUT2D eigenvalue weighted by Gasteiger charge is 2.18. The van der Waals surface area contributed by atoms with Crippen LogP contribution in [0.3, 0.4) is 0 Å². The van der Waals surface area contributed by atoms with E-state index in [-0.39, 0.29) is 12.5 Å². The minimum Gasteiger partial charge on any atom is -0.394 e. The van der Waals surface area contributed by atoms with Gasteiger partial charge in [0, 0.05) is 20.1 Å². The highest BCUT2D eigenvalue weighted by molar-refractivity contribution is 5.79. The van der Waals surface area contributed by atoms with Gasteiger partial charge in [-0.2, -0.15) is 8.78 Å². The first kappa shape index (κ1) is 31.8. The molecule has 1 atom stereocenters. The molecule has 1 amide bonds. The van der Waals surface area contributed by atoms with E-state index < -0.39 is 48.8 Å². The lowest BCUT2D eigenvalue weighted by molar-refractivity contribution is -0.132. The predicted octanol–water partition coefficient (Wildman–Crippen LogP) is 4.24. The fourth-order valence-corrected chi connectivity index (χ4v) is 2.70. The van der Waals surface area contributed by atoms with Crippen LogP contribution in [-0.2, 0) is 4.79 Å². The Morgan fingerprint density at radius 2 is 1.63 bits per heavy atom. The summed E-state index contributed by atoms with van der Waals surface area (Å²) < 4.78 is 50.1. The molecular weight excluding hydrogens is 470 g/mol. The lowest BCUT2D eigenvalue weighted by Crippen LogP contribution is -2.41. The molecule has 0 bridgehead atoms. The van der Waals surface area contributed by atoms with E-state index in [4.69, 9.17) is 5.73 Å². The molecule has 0 fully saturated rings. The van der Waals surface area contributed by atoms with Crippen LogP contribution >= 0.6 is 0 Å². The Kier molecular flexibility index (Phi) is 14.2. The first-order chi connectivity index (χ1) is 16.3. The topological polar surface area (TPSA) is 116 Å². The molecule has 2 rings (SSSR count). The first-order valence-corrected chi connectivity index (χ1v) is 10.9. The smallest absolute Gasteiger partial charge is 0.315 e. The molecule has 0 spiro atoms. The SMILES string of the molecule is CC.Cc1ccc(=O)ccc1C(C)C.Nc1c(F)cc(N(O)C[C@@H](O)CNC(=O)C(F)F)cc1F.[HH]. The van der Waals surface area contributed by atoms with Crippen molar-refractivity contribution in [2.45, 2.75) is 53.1 Å². The molecule has 0 aliphatic rings. The summed E-state index contributed by atoms with van der Waals surface area (Å²) in [7, 11) is 0. The summed E-state index contributed by atoms with van der Waals surface area (Å²) in [6.07, 6.45) is -4.68. The van der Waals surface area contributed by atoms with Crippen LogP contribution in [0.4, 0.5) is 28.9 Å². The summed E-state index contributed by atoms with van der Waals surface area (Å²) in [4.78, 5) is 21.6. The molecule has 0 heterocycles. The Morgan fingerprint density at radius 1 is 1.11 bits per heavy atom. The number of benzene rings is 1. The van der Waals surface area contributed by atoms with E-state index in [0.717, 1.165) is 12.1 Å². The number of nitrogens with one attached hydrogen (secondary N) is 1. The first-order valence-electron chi connectivity index (χ1n) is 10.9. The fourth-order valence-electron chi connectivity index (χ4n) is 2.70. The lowest BCUT2D eigenvalue weighted by Gasteiger charge is -2.21. The molecule has 0 aliphatic carbocycles. The molecule has 11 heteroatoms. The Bertz CT molecular complexity index is 990. The van der Waals surface area contributed by atoms with Gasteiger partial charge in [-0.15, -0.1) is 0 Å². The number of aliphatic hydroxyl groups is 1. The zero-order chi connectivity index (χ0) is 27.3. The van der Waals surface area contributed by atoms with Gasteiger partial charge in [-0.3, -0.25) is 19.9 Å². The van der Waals surface area contributed by atoms with Gasteiger partial charge in [0.25, 0.3) is 5.91 Å². The number of halogens is 4. The molecule has 0 aromatic heterocycles. The van der Waals surface area contributed by atoms with E-state index in [1.54, 1.807) is 17.4 Å². The van der Waals surface area contributed by atoms with Crippen LogP contribution in [0.2, 0.25) is 0 Å². The summed E-state index contributed by atoms with van der Waals surface area (Å²) in [5.41, 5.74) is 6.49. The van der Waals surface area contributed by atoms with Crippen LogP contribution in [0, 0.1) is 18.6 Å². The van der Waals surface area contributed by atoms with Crippen LogP contribution in [0.5, 0.6) is 0 Å². The van der Waals surface area contributed by atoms with Gasteiger partial charge in [0.2, 0.25) is 0 Å². The third-order valence-electron chi connectivity index (χ3n) is 4.46. The number of alkyl halides is 2. The number of nitrogen functional groups attached to an aromatic ring is 1. The second-order valence-electron chi connectivity index (χ2n) is 7.47. The Hall–Kier alpha value is -3.18. The third kappa shape index (κ3) is 11.2. The maximum atomic E-state index is 13.2. The molecule has 0 radical (unpaired) electrons. The Morgan fingerprint density at radius 3 is 2.11 bits per heavy atom.